The van der Waals surface area contributed by atoms with Crippen LogP contribution in [0.1, 0.15) is 16.1 Å². The number of para-hydroxylation sites is 1. The predicted octanol–water partition coefficient (Wildman–Crippen LogP) is 2.41. The second kappa shape index (κ2) is 6.36. The number of nitrogens with one attached hydrogen (secondary N) is 2. The molecule has 0 bridgehead atoms. The Morgan fingerprint density at radius 3 is 2.43 bits per heavy atom. The van der Waals surface area contributed by atoms with Gasteiger partial charge in [-0.2, -0.15) is 0 Å². The zero-order valence-electron chi connectivity index (χ0n) is 12.7. The number of carbonyl (C=O) groups is 2. The van der Waals surface area contributed by atoms with Crippen molar-refractivity contribution >= 4 is 22.7 Å². The molecule has 1 aromatic heterocycles. The number of fused-ring (bicyclic) bond motifs is 1. The molecular weight excluding hydrogens is 290 g/mol. The van der Waals surface area contributed by atoms with E-state index in [2.05, 4.69) is 10.9 Å². The van der Waals surface area contributed by atoms with E-state index in [-0.39, 0.29) is 18.4 Å². The first-order chi connectivity index (χ1) is 11.1. The number of nitrogens with zero attached hydrogens (tertiary/aromatic N) is 1. The van der Waals surface area contributed by atoms with Gasteiger partial charge >= 0.3 is 0 Å². The molecule has 0 fully saturated rings. The molecule has 0 aliphatic heterocycles. The minimum absolute atomic E-state index is 0.147. The fraction of sp³-hybridized carbons (Fsp3) is 0.111. The average Bonchev–Trinajstić information content (AvgIpc) is 2.89. The zero-order chi connectivity index (χ0) is 16.2. The van der Waals surface area contributed by atoms with Gasteiger partial charge in [-0.25, -0.2) is 0 Å². The Balaban J connectivity index is 1.65. The van der Waals surface area contributed by atoms with Gasteiger partial charge in [0, 0.05) is 16.8 Å². The average molecular weight is 307 g/mol. The van der Waals surface area contributed by atoms with Crippen molar-refractivity contribution in [2.75, 3.05) is 0 Å². The predicted molar refractivity (Wildman–Crippen MR) is 88.7 cm³/mol. The van der Waals surface area contributed by atoms with Crippen LogP contribution in [0.15, 0.2) is 60.7 Å². The molecule has 2 aromatic carbocycles. The van der Waals surface area contributed by atoms with Crippen molar-refractivity contribution in [2.45, 2.75) is 13.5 Å². The number of benzene rings is 2. The molecule has 3 rings (SSSR count). The van der Waals surface area contributed by atoms with E-state index < -0.39 is 0 Å². The molecule has 5 nitrogen and oxygen atoms in total. The molecule has 0 unspecified atom stereocenters. The third-order valence-corrected chi connectivity index (χ3v) is 3.67. The summed E-state index contributed by atoms with van der Waals surface area (Å²) in [4.78, 5) is 24.0. The molecule has 23 heavy (non-hydrogen) atoms. The van der Waals surface area contributed by atoms with Crippen LogP contribution in [0.4, 0.5) is 0 Å². The molecule has 3 aromatic rings. The summed E-state index contributed by atoms with van der Waals surface area (Å²) in [5.74, 6) is -0.619. The second-order valence-electron chi connectivity index (χ2n) is 5.30. The number of amides is 2. The first kappa shape index (κ1) is 14.8. The van der Waals surface area contributed by atoms with E-state index in [0.717, 1.165) is 16.6 Å². The molecule has 5 heteroatoms. The van der Waals surface area contributed by atoms with Gasteiger partial charge in [0.1, 0.15) is 6.54 Å². The summed E-state index contributed by atoms with van der Waals surface area (Å²) in [6.07, 6.45) is 0. The van der Waals surface area contributed by atoms with Gasteiger partial charge in [0.15, 0.2) is 0 Å². The highest BCUT2D eigenvalue weighted by Gasteiger charge is 2.10. The summed E-state index contributed by atoms with van der Waals surface area (Å²) in [6.45, 7) is 2.10. The van der Waals surface area contributed by atoms with Gasteiger partial charge in [0.05, 0.1) is 0 Å². The SMILES string of the molecule is Cc1cc2ccccc2n1CC(=O)NNC(=O)c1ccccc1. The van der Waals surface area contributed by atoms with Gasteiger partial charge in [-0.05, 0) is 36.6 Å². The molecule has 2 N–H and O–H groups in total. The van der Waals surface area contributed by atoms with Crippen LogP contribution in [0.5, 0.6) is 0 Å². The van der Waals surface area contributed by atoms with E-state index in [4.69, 9.17) is 0 Å². The number of aryl methyl sites for hydroxylation is 1. The lowest BCUT2D eigenvalue weighted by Crippen LogP contribution is -2.43. The van der Waals surface area contributed by atoms with Gasteiger partial charge < -0.3 is 4.57 Å². The smallest absolute Gasteiger partial charge is 0.269 e. The summed E-state index contributed by atoms with van der Waals surface area (Å²) >= 11 is 0. The van der Waals surface area contributed by atoms with Crippen molar-refractivity contribution in [1.82, 2.24) is 15.4 Å². The van der Waals surface area contributed by atoms with E-state index in [1.54, 1.807) is 24.3 Å². The minimum atomic E-state index is -0.340. The molecule has 0 saturated carbocycles. The van der Waals surface area contributed by atoms with Crippen LogP contribution in [-0.4, -0.2) is 16.4 Å². The largest absolute Gasteiger partial charge is 0.335 e. The molecule has 0 saturated heterocycles. The molecule has 2 amide bonds. The Hall–Kier alpha value is -3.08. The first-order valence-corrected chi connectivity index (χ1v) is 7.34. The van der Waals surface area contributed by atoms with E-state index in [9.17, 15) is 9.59 Å². The maximum atomic E-state index is 12.1. The van der Waals surface area contributed by atoms with Crippen LogP contribution in [0.2, 0.25) is 0 Å². The minimum Gasteiger partial charge on any atom is -0.335 e. The monoisotopic (exact) mass is 307 g/mol. The van der Waals surface area contributed by atoms with Crippen molar-refractivity contribution < 1.29 is 9.59 Å². The summed E-state index contributed by atoms with van der Waals surface area (Å²) in [7, 11) is 0. The maximum Gasteiger partial charge on any atom is 0.269 e. The van der Waals surface area contributed by atoms with Crippen LogP contribution < -0.4 is 10.9 Å². The lowest BCUT2D eigenvalue weighted by Gasteiger charge is -2.10. The highest BCUT2D eigenvalue weighted by molar-refractivity contribution is 5.95. The van der Waals surface area contributed by atoms with Gasteiger partial charge in [-0.3, -0.25) is 20.4 Å². The van der Waals surface area contributed by atoms with Gasteiger partial charge in [-0.1, -0.05) is 36.4 Å². The molecule has 116 valence electrons. The Kier molecular flexibility index (Phi) is 4.10. The Labute approximate surface area is 133 Å². The Morgan fingerprint density at radius 1 is 0.957 bits per heavy atom. The zero-order valence-corrected chi connectivity index (χ0v) is 12.7. The van der Waals surface area contributed by atoms with Gasteiger partial charge in [-0.15, -0.1) is 0 Å². The van der Waals surface area contributed by atoms with Crippen LogP contribution in [0, 0.1) is 6.92 Å². The van der Waals surface area contributed by atoms with Crippen LogP contribution >= 0.6 is 0 Å². The molecule has 0 aliphatic carbocycles. The van der Waals surface area contributed by atoms with Crippen molar-refractivity contribution in [1.29, 1.82) is 0 Å². The number of carbonyl (C=O) groups excluding carboxylic acids is 2. The topological polar surface area (TPSA) is 63.1 Å². The summed E-state index contributed by atoms with van der Waals surface area (Å²) in [5, 5.41) is 1.09. The first-order valence-electron chi connectivity index (χ1n) is 7.34. The number of aromatic nitrogens is 1. The number of rotatable bonds is 3. The Morgan fingerprint density at radius 2 is 1.65 bits per heavy atom. The van der Waals surface area contributed by atoms with Crippen molar-refractivity contribution in [2.24, 2.45) is 0 Å². The number of hydrazine groups is 1. The van der Waals surface area contributed by atoms with E-state index in [0.29, 0.717) is 5.56 Å². The van der Waals surface area contributed by atoms with E-state index >= 15 is 0 Å². The molecular formula is C18H17N3O2. The lowest BCUT2D eigenvalue weighted by molar-refractivity contribution is -0.122. The summed E-state index contributed by atoms with van der Waals surface area (Å²) in [6, 6.07) is 18.7. The second-order valence-corrected chi connectivity index (χ2v) is 5.30. The quantitative estimate of drug-likeness (QED) is 0.730. The third-order valence-electron chi connectivity index (χ3n) is 3.67. The van der Waals surface area contributed by atoms with Crippen LogP contribution in [0.25, 0.3) is 10.9 Å². The van der Waals surface area contributed by atoms with Crippen molar-refractivity contribution in [3.8, 4) is 0 Å². The molecule has 0 atom stereocenters. The highest BCUT2D eigenvalue weighted by atomic mass is 16.2. The normalized spacial score (nSPS) is 10.5. The third kappa shape index (κ3) is 3.23. The van der Waals surface area contributed by atoms with Crippen LogP contribution in [0.3, 0.4) is 0 Å². The lowest BCUT2D eigenvalue weighted by atomic mass is 10.2. The molecule has 1 heterocycles. The number of hydrogen-bond donors (Lipinski definition) is 2. The van der Waals surface area contributed by atoms with Gasteiger partial charge in [0.25, 0.3) is 11.8 Å². The standard InChI is InChI=1S/C18H17N3O2/c1-13-11-15-9-5-6-10-16(15)21(13)12-17(22)19-20-18(23)14-7-3-2-4-8-14/h2-11H,12H2,1H3,(H,19,22)(H,20,23). The van der Waals surface area contributed by atoms with E-state index in [1.165, 1.54) is 0 Å². The van der Waals surface area contributed by atoms with Crippen molar-refractivity contribution in [3.63, 3.8) is 0 Å². The van der Waals surface area contributed by atoms with E-state index in [1.807, 2.05) is 47.9 Å². The van der Waals surface area contributed by atoms with Gasteiger partial charge in [0.2, 0.25) is 0 Å². The molecule has 0 radical (unpaired) electrons. The highest BCUT2D eigenvalue weighted by Crippen LogP contribution is 2.18. The fourth-order valence-electron chi connectivity index (χ4n) is 2.53. The van der Waals surface area contributed by atoms with Crippen molar-refractivity contribution in [3.05, 3.63) is 71.9 Å². The molecule has 0 spiro atoms. The fourth-order valence-corrected chi connectivity index (χ4v) is 2.53. The maximum absolute atomic E-state index is 12.1. The Bertz CT molecular complexity index is 853. The number of hydrogen-bond acceptors (Lipinski definition) is 2. The van der Waals surface area contributed by atoms with Crippen LogP contribution in [-0.2, 0) is 11.3 Å². The summed E-state index contributed by atoms with van der Waals surface area (Å²) in [5.41, 5.74) is 7.37. The molecule has 0 aliphatic rings. The summed E-state index contributed by atoms with van der Waals surface area (Å²) < 4.78 is 1.92.